The highest BCUT2D eigenvalue weighted by molar-refractivity contribution is 5.34. The van der Waals surface area contributed by atoms with Gasteiger partial charge in [0.1, 0.15) is 0 Å². The fourth-order valence-corrected chi connectivity index (χ4v) is 3.85. The Balaban J connectivity index is 1.73. The number of hydrogen-bond donors (Lipinski definition) is 1. The van der Waals surface area contributed by atoms with Crippen molar-refractivity contribution >= 4 is 0 Å². The zero-order chi connectivity index (χ0) is 13.5. The molecule has 1 aromatic carbocycles. The van der Waals surface area contributed by atoms with E-state index in [0.717, 1.165) is 25.8 Å². The molecule has 2 nitrogen and oxygen atoms in total. The molecular formula is C17H25NO. The SMILES string of the molecule is CC1(C)CCC(CC2(CN)Cc3ccccc3C2)O1. The van der Waals surface area contributed by atoms with Crippen LogP contribution in [0.2, 0.25) is 0 Å². The molecule has 2 N–H and O–H groups in total. The summed E-state index contributed by atoms with van der Waals surface area (Å²) in [6.45, 7) is 5.17. The second kappa shape index (κ2) is 4.60. The van der Waals surface area contributed by atoms with E-state index in [1.165, 1.54) is 24.0 Å². The van der Waals surface area contributed by atoms with Gasteiger partial charge in [0, 0.05) is 0 Å². The summed E-state index contributed by atoms with van der Waals surface area (Å²) in [5.41, 5.74) is 9.41. The van der Waals surface area contributed by atoms with Crippen LogP contribution in [0.15, 0.2) is 24.3 Å². The third-order valence-corrected chi connectivity index (χ3v) is 4.90. The first-order valence-corrected chi connectivity index (χ1v) is 7.47. The standard InChI is InChI=1S/C17H25NO/c1-16(2)8-7-15(19-16)11-17(12-18)9-13-5-3-4-6-14(13)10-17/h3-6,15H,7-12,18H2,1-2H3. The minimum Gasteiger partial charge on any atom is -0.372 e. The lowest BCUT2D eigenvalue weighted by Crippen LogP contribution is -2.35. The van der Waals surface area contributed by atoms with E-state index < -0.39 is 0 Å². The summed E-state index contributed by atoms with van der Waals surface area (Å²) in [6.07, 6.45) is 6.12. The van der Waals surface area contributed by atoms with Crippen molar-refractivity contribution in [2.24, 2.45) is 11.1 Å². The van der Waals surface area contributed by atoms with Crippen molar-refractivity contribution in [3.8, 4) is 0 Å². The van der Waals surface area contributed by atoms with Gasteiger partial charge in [0.15, 0.2) is 0 Å². The Morgan fingerprint density at radius 2 is 1.84 bits per heavy atom. The average molecular weight is 259 g/mol. The Morgan fingerprint density at radius 1 is 1.21 bits per heavy atom. The average Bonchev–Trinajstić information content (AvgIpc) is 2.90. The molecular weight excluding hydrogens is 234 g/mol. The van der Waals surface area contributed by atoms with Crippen LogP contribution in [0.4, 0.5) is 0 Å². The fourth-order valence-electron chi connectivity index (χ4n) is 3.85. The summed E-state index contributed by atoms with van der Waals surface area (Å²) in [4.78, 5) is 0. The molecule has 0 radical (unpaired) electrons. The zero-order valence-corrected chi connectivity index (χ0v) is 12.1. The lowest BCUT2D eigenvalue weighted by atomic mass is 9.79. The lowest BCUT2D eigenvalue weighted by Gasteiger charge is -2.31. The van der Waals surface area contributed by atoms with E-state index in [2.05, 4.69) is 38.1 Å². The van der Waals surface area contributed by atoms with Gasteiger partial charge in [-0.2, -0.15) is 0 Å². The quantitative estimate of drug-likeness (QED) is 0.905. The van der Waals surface area contributed by atoms with Crippen LogP contribution in [0.25, 0.3) is 0 Å². The highest BCUT2D eigenvalue weighted by Crippen LogP contribution is 2.43. The van der Waals surface area contributed by atoms with Crippen LogP contribution in [-0.2, 0) is 17.6 Å². The van der Waals surface area contributed by atoms with Gasteiger partial charge in [0.05, 0.1) is 11.7 Å². The molecule has 0 saturated carbocycles. The number of rotatable bonds is 3. The lowest BCUT2D eigenvalue weighted by molar-refractivity contribution is -0.0338. The molecule has 2 aliphatic rings. The molecule has 0 aromatic heterocycles. The minimum atomic E-state index is 0.0614. The molecule has 1 aromatic rings. The van der Waals surface area contributed by atoms with Crippen molar-refractivity contribution in [2.45, 2.75) is 57.7 Å². The summed E-state index contributed by atoms with van der Waals surface area (Å²) < 4.78 is 6.18. The van der Waals surface area contributed by atoms with E-state index in [0.29, 0.717) is 6.10 Å². The van der Waals surface area contributed by atoms with E-state index in [-0.39, 0.29) is 11.0 Å². The first-order chi connectivity index (χ1) is 9.02. The molecule has 0 bridgehead atoms. The van der Waals surface area contributed by atoms with E-state index in [1.807, 2.05) is 0 Å². The van der Waals surface area contributed by atoms with Crippen LogP contribution < -0.4 is 5.73 Å². The number of benzene rings is 1. The summed E-state index contributed by atoms with van der Waals surface area (Å²) in [5.74, 6) is 0. The molecule has 1 heterocycles. The summed E-state index contributed by atoms with van der Waals surface area (Å²) in [7, 11) is 0. The number of fused-ring (bicyclic) bond motifs is 1. The summed E-state index contributed by atoms with van der Waals surface area (Å²) >= 11 is 0. The molecule has 0 spiro atoms. The Hall–Kier alpha value is -0.860. The van der Waals surface area contributed by atoms with Crippen LogP contribution in [0.1, 0.15) is 44.2 Å². The van der Waals surface area contributed by atoms with Gasteiger partial charge in [-0.05, 0) is 69.0 Å². The molecule has 1 fully saturated rings. The molecule has 1 aliphatic heterocycles. The Kier molecular flexibility index (Phi) is 3.18. The predicted molar refractivity (Wildman–Crippen MR) is 78.1 cm³/mol. The Bertz CT molecular complexity index is 441. The van der Waals surface area contributed by atoms with Crippen LogP contribution in [0.3, 0.4) is 0 Å². The van der Waals surface area contributed by atoms with E-state index in [4.69, 9.17) is 10.5 Å². The van der Waals surface area contributed by atoms with Gasteiger partial charge >= 0.3 is 0 Å². The monoisotopic (exact) mass is 259 g/mol. The van der Waals surface area contributed by atoms with Crippen molar-refractivity contribution < 1.29 is 4.74 Å². The molecule has 1 aliphatic carbocycles. The third kappa shape index (κ3) is 2.56. The molecule has 104 valence electrons. The van der Waals surface area contributed by atoms with Crippen molar-refractivity contribution in [1.82, 2.24) is 0 Å². The molecule has 19 heavy (non-hydrogen) atoms. The van der Waals surface area contributed by atoms with Crippen molar-refractivity contribution in [3.63, 3.8) is 0 Å². The van der Waals surface area contributed by atoms with Gasteiger partial charge < -0.3 is 10.5 Å². The number of hydrogen-bond acceptors (Lipinski definition) is 2. The topological polar surface area (TPSA) is 35.2 Å². The second-order valence-corrected chi connectivity index (χ2v) is 7.07. The van der Waals surface area contributed by atoms with Crippen molar-refractivity contribution in [1.29, 1.82) is 0 Å². The number of nitrogens with two attached hydrogens (primary N) is 1. The van der Waals surface area contributed by atoms with Crippen molar-refractivity contribution in [2.75, 3.05) is 6.54 Å². The fraction of sp³-hybridized carbons (Fsp3) is 0.647. The first kappa shape index (κ1) is 13.1. The van der Waals surface area contributed by atoms with Crippen LogP contribution in [0.5, 0.6) is 0 Å². The number of ether oxygens (including phenoxy) is 1. The smallest absolute Gasteiger partial charge is 0.0631 e. The van der Waals surface area contributed by atoms with E-state index >= 15 is 0 Å². The largest absolute Gasteiger partial charge is 0.372 e. The highest BCUT2D eigenvalue weighted by atomic mass is 16.5. The molecule has 3 rings (SSSR count). The first-order valence-electron chi connectivity index (χ1n) is 7.47. The summed E-state index contributed by atoms with van der Waals surface area (Å²) in [5, 5.41) is 0. The van der Waals surface area contributed by atoms with Gasteiger partial charge in [-0.15, -0.1) is 0 Å². The third-order valence-electron chi connectivity index (χ3n) is 4.90. The highest BCUT2D eigenvalue weighted by Gasteiger charge is 2.41. The van der Waals surface area contributed by atoms with E-state index in [1.54, 1.807) is 0 Å². The van der Waals surface area contributed by atoms with Gasteiger partial charge in [-0.3, -0.25) is 0 Å². The van der Waals surface area contributed by atoms with Crippen molar-refractivity contribution in [3.05, 3.63) is 35.4 Å². The Labute approximate surface area is 116 Å². The molecule has 1 unspecified atom stereocenters. The zero-order valence-electron chi connectivity index (χ0n) is 12.1. The van der Waals surface area contributed by atoms with Gasteiger partial charge in [-0.25, -0.2) is 0 Å². The second-order valence-electron chi connectivity index (χ2n) is 7.07. The normalized spacial score (nSPS) is 27.4. The van der Waals surface area contributed by atoms with E-state index in [9.17, 15) is 0 Å². The summed E-state index contributed by atoms with van der Waals surface area (Å²) in [6, 6.07) is 8.79. The van der Waals surface area contributed by atoms with Crippen LogP contribution in [0, 0.1) is 5.41 Å². The van der Waals surface area contributed by atoms with Gasteiger partial charge in [0.25, 0.3) is 0 Å². The molecule has 0 amide bonds. The van der Waals surface area contributed by atoms with Gasteiger partial charge in [0.2, 0.25) is 0 Å². The molecule has 1 saturated heterocycles. The molecule has 2 heteroatoms. The maximum Gasteiger partial charge on any atom is 0.0631 e. The Morgan fingerprint density at radius 3 is 2.32 bits per heavy atom. The maximum atomic E-state index is 6.18. The minimum absolute atomic E-state index is 0.0614. The maximum absolute atomic E-state index is 6.18. The van der Waals surface area contributed by atoms with Gasteiger partial charge in [-0.1, -0.05) is 24.3 Å². The molecule has 1 atom stereocenters. The van der Waals surface area contributed by atoms with Crippen LogP contribution >= 0.6 is 0 Å². The van der Waals surface area contributed by atoms with Crippen LogP contribution in [-0.4, -0.2) is 18.2 Å². The predicted octanol–water partition coefficient (Wildman–Crippen LogP) is 3.08.